The van der Waals surface area contributed by atoms with Crippen LogP contribution in [0.25, 0.3) is 0 Å². The molecule has 4 heteroatoms. The minimum absolute atomic E-state index is 0.116. The first-order chi connectivity index (χ1) is 12.6. The first kappa shape index (κ1) is 24.9. The number of aliphatic carboxylic acids is 1. The molecule has 0 saturated heterocycles. The second-order valence-electron chi connectivity index (χ2n) is 7.47. The average molecular weight is 371 g/mol. The molecule has 0 aromatic carbocycles. The first-order valence-corrected chi connectivity index (χ1v) is 11.0. The van der Waals surface area contributed by atoms with Crippen molar-refractivity contribution in [1.82, 2.24) is 0 Å². The van der Waals surface area contributed by atoms with Crippen molar-refractivity contribution in [3.05, 3.63) is 0 Å². The van der Waals surface area contributed by atoms with Gasteiger partial charge >= 0.3 is 11.9 Å². The van der Waals surface area contributed by atoms with Gasteiger partial charge in [-0.05, 0) is 25.7 Å². The highest BCUT2D eigenvalue weighted by atomic mass is 16.5. The zero-order valence-corrected chi connectivity index (χ0v) is 17.3. The zero-order valence-electron chi connectivity index (χ0n) is 17.3. The lowest BCUT2D eigenvalue weighted by Crippen LogP contribution is -2.19. The summed E-state index contributed by atoms with van der Waals surface area (Å²) >= 11 is 0. The molecule has 0 aliphatic heterocycles. The van der Waals surface area contributed by atoms with E-state index in [0.29, 0.717) is 19.4 Å². The van der Waals surface area contributed by atoms with Crippen LogP contribution in [0.1, 0.15) is 117 Å². The normalized spacial score (nSPS) is 12.1. The largest absolute Gasteiger partial charge is 0.481 e. The third kappa shape index (κ3) is 16.4. The molecule has 0 rings (SSSR count). The van der Waals surface area contributed by atoms with Crippen molar-refractivity contribution in [2.75, 3.05) is 6.61 Å². The van der Waals surface area contributed by atoms with E-state index < -0.39 is 5.97 Å². The van der Waals surface area contributed by atoms with Crippen molar-refractivity contribution in [3.8, 4) is 0 Å². The fourth-order valence-electron chi connectivity index (χ4n) is 3.22. The summed E-state index contributed by atoms with van der Waals surface area (Å²) in [6, 6.07) is 0. The van der Waals surface area contributed by atoms with Crippen molar-refractivity contribution in [2.24, 2.45) is 5.92 Å². The number of esters is 1. The number of carboxylic acids is 1. The molecule has 0 aliphatic carbocycles. The maximum absolute atomic E-state index is 12.3. The molecule has 1 atom stereocenters. The smallest absolute Gasteiger partial charge is 0.308 e. The predicted octanol–water partition coefficient (Wildman–Crippen LogP) is 6.51. The van der Waals surface area contributed by atoms with Crippen LogP contribution in [0.3, 0.4) is 0 Å². The fourth-order valence-corrected chi connectivity index (χ4v) is 3.22. The quantitative estimate of drug-likeness (QED) is 0.208. The highest BCUT2D eigenvalue weighted by Gasteiger charge is 2.19. The summed E-state index contributed by atoms with van der Waals surface area (Å²) in [7, 11) is 0. The molecule has 0 spiro atoms. The maximum Gasteiger partial charge on any atom is 0.308 e. The summed E-state index contributed by atoms with van der Waals surface area (Å²) in [5.74, 6) is -1.03. The monoisotopic (exact) mass is 370 g/mol. The van der Waals surface area contributed by atoms with Crippen molar-refractivity contribution in [3.63, 3.8) is 0 Å². The molecule has 26 heavy (non-hydrogen) atoms. The number of carbonyl (C=O) groups is 2. The minimum atomic E-state index is -0.788. The summed E-state index contributed by atoms with van der Waals surface area (Å²) in [5.41, 5.74) is 0. The van der Waals surface area contributed by atoms with E-state index in [0.717, 1.165) is 32.1 Å². The molecule has 0 radical (unpaired) electrons. The van der Waals surface area contributed by atoms with Gasteiger partial charge in [-0.1, -0.05) is 84.5 Å². The van der Waals surface area contributed by atoms with Gasteiger partial charge in [0, 0.05) is 6.42 Å². The zero-order chi connectivity index (χ0) is 19.5. The van der Waals surface area contributed by atoms with Crippen LogP contribution in [0.5, 0.6) is 0 Å². The van der Waals surface area contributed by atoms with Gasteiger partial charge in [-0.15, -0.1) is 0 Å². The molecule has 0 aromatic rings. The van der Waals surface area contributed by atoms with Crippen LogP contribution < -0.4 is 0 Å². The second kappa shape index (κ2) is 18.7. The molecule has 1 N–H and O–H groups in total. The van der Waals surface area contributed by atoms with Crippen LogP contribution in [0.4, 0.5) is 0 Å². The average Bonchev–Trinajstić information content (AvgIpc) is 2.61. The Morgan fingerprint density at radius 2 is 1.23 bits per heavy atom. The number of rotatable bonds is 19. The lowest BCUT2D eigenvalue weighted by Gasteiger charge is -2.16. The second-order valence-corrected chi connectivity index (χ2v) is 7.47. The Balaban J connectivity index is 4.00. The van der Waals surface area contributed by atoms with E-state index in [4.69, 9.17) is 9.84 Å². The Hall–Kier alpha value is -1.06. The van der Waals surface area contributed by atoms with Crippen molar-refractivity contribution >= 4 is 11.9 Å². The lowest BCUT2D eigenvalue weighted by atomic mass is 9.95. The molecule has 0 fully saturated rings. The first-order valence-electron chi connectivity index (χ1n) is 11.0. The minimum Gasteiger partial charge on any atom is -0.481 e. The van der Waals surface area contributed by atoms with Gasteiger partial charge in [0.25, 0.3) is 0 Å². The summed E-state index contributed by atoms with van der Waals surface area (Å²) < 4.78 is 5.44. The number of unbranched alkanes of at least 4 members (excludes halogenated alkanes) is 10. The topological polar surface area (TPSA) is 63.6 Å². The molecule has 0 saturated carbocycles. The Labute approximate surface area is 161 Å². The van der Waals surface area contributed by atoms with Crippen LogP contribution >= 0.6 is 0 Å². The molecular formula is C22H42O4. The standard InChI is InChI=1S/C22H42O4/c1-3-5-7-9-10-11-12-13-16-20(17-15-18-21(23)24)22(25)26-19-14-8-6-4-2/h20H,3-19H2,1-2H3,(H,23,24). The molecule has 1 unspecified atom stereocenters. The van der Waals surface area contributed by atoms with Gasteiger partial charge in [0.2, 0.25) is 0 Å². The van der Waals surface area contributed by atoms with Crippen molar-refractivity contribution in [1.29, 1.82) is 0 Å². The summed E-state index contributed by atoms with van der Waals surface area (Å²) in [5, 5.41) is 8.81. The van der Waals surface area contributed by atoms with E-state index in [1.54, 1.807) is 0 Å². The van der Waals surface area contributed by atoms with Crippen molar-refractivity contribution < 1.29 is 19.4 Å². The number of carboxylic acid groups (broad SMARTS) is 1. The van der Waals surface area contributed by atoms with Crippen LogP contribution in [0, 0.1) is 5.92 Å². The number of hydrogen-bond acceptors (Lipinski definition) is 3. The number of ether oxygens (including phenoxy) is 1. The molecular weight excluding hydrogens is 328 g/mol. The van der Waals surface area contributed by atoms with Crippen LogP contribution in [-0.2, 0) is 14.3 Å². The fraction of sp³-hybridized carbons (Fsp3) is 0.909. The Kier molecular flexibility index (Phi) is 18.0. The van der Waals surface area contributed by atoms with Gasteiger partial charge < -0.3 is 9.84 Å². The molecule has 4 nitrogen and oxygen atoms in total. The lowest BCUT2D eigenvalue weighted by molar-refractivity contribution is -0.149. The Bertz CT molecular complexity index is 341. The summed E-state index contributed by atoms with van der Waals surface area (Å²) in [4.78, 5) is 23.0. The molecule has 154 valence electrons. The molecule has 0 amide bonds. The van der Waals surface area contributed by atoms with E-state index in [1.807, 2.05) is 0 Å². The van der Waals surface area contributed by atoms with E-state index in [2.05, 4.69) is 13.8 Å². The van der Waals surface area contributed by atoms with Gasteiger partial charge in [0.15, 0.2) is 0 Å². The van der Waals surface area contributed by atoms with E-state index in [-0.39, 0.29) is 18.3 Å². The summed E-state index contributed by atoms with van der Waals surface area (Å²) in [6.07, 6.45) is 16.5. The Morgan fingerprint density at radius 1 is 0.731 bits per heavy atom. The number of carbonyl (C=O) groups excluding carboxylic acids is 1. The highest BCUT2D eigenvalue weighted by Crippen LogP contribution is 2.20. The van der Waals surface area contributed by atoms with Gasteiger partial charge in [-0.25, -0.2) is 0 Å². The highest BCUT2D eigenvalue weighted by molar-refractivity contribution is 5.72. The molecule has 0 bridgehead atoms. The maximum atomic E-state index is 12.3. The molecule has 0 aliphatic rings. The number of hydrogen-bond donors (Lipinski definition) is 1. The van der Waals surface area contributed by atoms with Crippen molar-refractivity contribution in [2.45, 2.75) is 117 Å². The van der Waals surface area contributed by atoms with Gasteiger partial charge in [-0.2, -0.15) is 0 Å². The van der Waals surface area contributed by atoms with Crippen LogP contribution in [0.15, 0.2) is 0 Å². The van der Waals surface area contributed by atoms with Crippen LogP contribution in [0.2, 0.25) is 0 Å². The molecule has 0 heterocycles. The third-order valence-corrected chi connectivity index (χ3v) is 4.92. The third-order valence-electron chi connectivity index (χ3n) is 4.92. The van der Waals surface area contributed by atoms with E-state index in [9.17, 15) is 9.59 Å². The van der Waals surface area contributed by atoms with Crippen LogP contribution in [-0.4, -0.2) is 23.7 Å². The van der Waals surface area contributed by atoms with E-state index >= 15 is 0 Å². The summed E-state index contributed by atoms with van der Waals surface area (Å²) in [6.45, 7) is 4.90. The SMILES string of the molecule is CCCCCCCCCCC(CCCC(=O)O)C(=O)OCCCCCC. The Morgan fingerprint density at radius 3 is 1.81 bits per heavy atom. The molecule has 0 aromatic heterocycles. The van der Waals surface area contributed by atoms with Gasteiger partial charge in [-0.3, -0.25) is 9.59 Å². The van der Waals surface area contributed by atoms with Gasteiger partial charge in [0.1, 0.15) is 0 Å². The van der Waals surface area contributed by atoms with Gasteiger partial charge in [0.05, 0.1) is 12.5 Å². The van der Waals surface area contributed by atoms with E-state index in [1.165, 1.54) is 51.4 Å². The predicted molar refractivity (Wildman–Crippen MR) is 107 cm³/mol.